The maximum atomic E-state index is 13.3. The summed E-state index contributed by atoms with van der Waals surface area (Å²) in [5.74, 6) is -0.438. The first-order valence-electron chi connectivity index (χ1n) is 8.73. The molecule has 2 aromatic carbocycles. The summed E-state index contributed by atoms with van der Waals surface area (Å²) in [5, 5.41) is 5.04. The van der Waals surface area contributed by atoms with E-state index in [1.165, 1.54) is 4.31 Å². The molecule has 0 radical (unpaired) electrons. The average molecular weight is 416 g/mol. The highest BCUT2D eigenvalue weighted by atomic mass is 35.5. The molecule has 0 spiro atoms. The van der Waals surface area contributed by atoms with Crippen LogP contribution in [0.25, 0.3) is 10.8 Å². The zero-order valence-corrected chi connectivity index (χ0v) is 16.7. The van der Waals surface area contributed by atoms with E-state index < -0.39 is 22.0 Å². The molecule has 1 aliphatic rings. The van der Waals surface area contributed by atoms with Crippen LogP contribution >= 0.6 is 11.6 Å². The molecular formula is C20H18ClN3O3S. The van der Waals surface area contributed by atoms with Gasteiger partial charge in [0.25, 0.3) is 0 Å². The van der Waals surface area contributed by atoms with Gasteiger partial charge in [0, 0.05) is 28.5 Å². The third kappa shape index (κ3) is 3.48. The second-order valence-corrected chi connectivity index (χ2v) is 9.14. The van der Waals surface area contributed by atoms with Crippen molar-refractivity contribution in [1.29, 1.82) is 0 Å². The van der Waals surface area contributed by atoms with Crippen LogP contribution in [0, 0.1) is 0 Å². The van der Waals surface area contributed by atoms with Crippen LogP contribution in [0.1, 0.15) is 17.2 Å². The molecule has 0 aliphatic carbocycles. The van der Waals surface area contributed by atoms with Crippen LogP contribution in [0.5, 0.6) is 0 Å². The Morgan fingerprint density at radius 2 is 2.00 bits per heavy atom. The zero-order chi connectivity index (χ0) is 19.9. The maximum absolute atomic E-state index is 13.3. The van der Waals surface area contributed by atoms with Gasteiger partial charge in [0.15, 0.2) is 0 Å². The summed E-state index contributed by atoms with van der Waals surface area (Å²) < 4.78 is 25.9. The van der Waals surface area contributed by atoms with Crippen LogP contribution in [0.15, 0.2) is 54.9 Å². The molecule has 0 bridgehead atoms. The smallest absolute Gasteiger partial charge is 0.247 e. The van der Waals surface area contributed by atoms with Crippen molar-refractivity contribution < 1.29 is 13.2 Å². The number of anilines is 1. The summed E-state index contributed by atoms with van der Waals surface area (Å²) in [6.45, 7) is 0.235. The fourth-order valence-corrected chi connectivity index (χ4v) is 4.81. The second-order valence-electron chi connectivity index (χ2n) is 6.77. The number of nitrogens with zero attached hydrogens (tertiary/aromatic N) is 2. The number of carbonyl (C=O) groups is 1. The second kappa shape index (κ2) is 7.16. The predicted octanol–water partition coefficient (Wildman–Crippen LogP) is 3.39. The van der Waals surface area contributed by atoms with E-state index in [1.54, 1.807) is 24.5 Å². The van der Waals surface area contributed by atoms with E-state index in [0.29, 0.717) is 22.7 Å². The average Bonchev–Trinajstić information content (AvgIpc) is 2.66. The molecule has 1 unspecified atom stereocenters. The van der Waals surface area contributed by atoms with E-state index in [0.717, 1.165) is 22.6 Å². The predicted molar refractivity (Wildman–Crippen MR) is 110 cm³/mol. The Hall–Kier alpha value is -2.48. The van der Waals surface area contributed by atoms with E-state index in [9.17, 15) is 13.2 Å². The summed E-state index contributed by atoms with van der Waals surface area (Å²) in [6, 6.07) is 11.8. The molecule has 0 saturated carbocycles. The van der Waals surface area contributed by atoms with Gasteiger partial charge in [-0.15, -0.1) is 0 Å². The van der Waals surface area contributed by atoms with Crippen LogP contribution < -0.4 is 5.32 Å². The lowest BCUT2D eigenvalue weighted by Gasteiger charge is -2.34. The van der Waals surface area contributed by atoms with E-state index in [4.69, 9.17) is 11.6 Å². The van der Waals surface area contributed by atoms with Crippen LogP contribution in [0.2, 0.25) is 5.02 Å². The highest BCUT2D eigenvalue weighted by molar-refractivity contribution is 7.88. The topological polar surface area (TPSA) is 79.4 Å². The zero-order valence-electron chi connectivity index (χ0n) is 15.1. The molecule has 28 heavy (non-hydrogen) atoms. The van der Waals surface area contributed by atoms with Crippen molar-refractivity contribution in [3.05, 3.63) is 71.0 Å². The highest BCUT2D eigenvalue weighted by Crippen LogP contribution is 2.35. The Morgan fingerprint density at radius 1 is 1.21 bits per heavy atom. The lowest BCUT2D eigenvalue weighted by atomic mass is 9.93. The molecule has 1 N–H and O–H groups in total. The molecule has 8 heteroatoms. The third-order valence-electron chi connectivity index (χ3n) is 4.89. The first-order valence-corrected chi connectivity index (χ1v) is 11.0. The molecular weight excluding hydrogens is 398 g/mol. The van der Waals surface area contributed by atoms with Gasteiger partial charge in [-0.25, -0.2) is 8.42 Å². The standard InChI is InChI=1S/C20H18ClN3O3S/c1-28(26,27)24-9-8-13-6-7-15(21)10-17(13)19(24)20(25)23-18-12-22-11-14-4-2-3-5-16(14)18/h2-7,10-12,19H,8-9H2,1H3,(H,23,25). The Labute approximate surface area is 168 Å². The Bertz CT molecular complexity index is 1180. The van der Waals surface area contributed by atoms with Crippen molar-refractivity contribution in [2.75, 3.05) is 18.1 Å². The molecule has 3 aromatic rings. The summed E-state index contributed by atoms with van der Waals surface area (Å²) in [7, 11) is -3.60. The van der Waals surface area contributed by atoms with E-state index >= 15 is 0 Å². The molecule has 1 aliphatic heterocycles. The monoisotopic (exact) mass is 415 g/mol. The molecule has 1 atom stereocenters. The lowest BCUT2D eigenvalue weighted by molar-refractivity contribution is -0.120. The number of rotatable bonds is 3. The van der Waals surface area contributed by atoms with Crippen molar-refractivity contribution in [3.63, 3.8) is 0 Å². The van der Waals surface area contributed by atoms with Gasteiger partial charge in [-0.1, -0.05) is 41.9 Å². The number of halogens is 1. The van der Waals surface area contributed by atoms with Gasteiger partial charge in [0.05, 0.1) is 18.1 Å². The third-order valence-corrected chi connectivity index (χ3v) is 6.37. The fraction of sp³-hybridized carbons (Fsp3) is 0.200. The van der Waals surface area contributed by atoms with Crippen molar-refractivity contribution in [2.24, 2.45) is 0 Å². The lowest BCUT2D eigenvalue weighted by Crippen LogP contribution is -2.44. The molecule has 0 saturated heterocycles. The number of benzene rings is 2. The van der Waals surface area contributed by atoms with Crippen LogP contribution in [0.3, 0.4) is 0 Å². The van der Waals surface area contributed by atoms with E-state index in [1.807, 2.05) is 30.3 Å². The molecule has 1 aromatic heterocycles. The van der Waals surface area contributed by atoms with Crippen molar-refractivity contribution in [3.8, 4) is 0 Å². The van der Waals surface area contributed by atoms with Gasteiger partial charge in [-0.2, -0.15) is 4.31 Å². The Morgan fingerprint density at radius 3 is 2.79 bits per heavy atom. The normalized spacial score (nSPS) is 17.3. The Kier molecular flexibility index (Phi) is 4.82. The minimum atomic E-state index is -3.60. The van der Waals surface area contributed by atoms with Crippen molar-refractivity contribution in [1.82, 2.24) is 9.29 Å². The minimum absolute atomic E-state index is 0.235. The number of hydrogen-bond acceptors (Lipinski definition) is 4. The summed E-state index contributed by atoms with van der Waals surface area (Å²) in [5.41, 5.74) is 2.06. The number of nitrogens with one attached hydrogen (secondary N) is 1. The maximum Gasteiger partial charge on any atom is 0.247 e. The number of amides is 1. The van der Waals surface area contributed by atoms with Gasteiger partial charge in [0.2, 0.25) is 15.9 Å². The van der Waals surface area contributed by atoms with Crippen molar-refractivity contribution in [2.45, 2.75) is 12.5 Å². The number of carbonyl (C=O) groups excluding carboxylic acids is 1. The molecule has 1 amide bonds. The molecule has 4 rings (SSSR count). The molecule has 6 nitrogen and oxygen atoms in total. The number of aromatic nitrogens is 1. The first-order chi connectivity index (χ1) is 13.3. The van der Waals surface area contributed by atoms with Crippen LogP contribution in [-0.2, 0) is 21.2 Å². The van der Waals surface area contributed by atoms with Gasteiger partial charge >= 0.3 is 0 Å². The Balaban J connectivity index is 1.78. The van der Waals surface area contributed by atoms with E-state index in [-0.39, 0.29) is 6.54 Å². The fourth-order valence-electron chi connectivity index (χ4n) is 3.61. The number of hydrogen-bond donors (Lipinski definition) is 1. The van der Waals surface area contributed by atoms with Crippen LogP contribution in [-0.4, -0.2) is 36.4 Å². The molecule has 0 fully saturated rings. The quantitative estimate of drug-likeness (QED) is 0.711. The van der Waals surface area contributed by atoms with Crippen molar-refractivity contribution >= 4 is 44.0 Å². The number of fused-ring (bicyclic) bond motifs is 2. The molecule has 144 valence electrons. The highest BCUT2D eigenvalue weighted by Gasteiger charge is 2.38. The summed E-state index contributed by atoms with van der Waals surface area (Å²) in [6.07, 6.45) is 4.91. The number of pyridine rings is 1. The summed E-state index contributed by atoms with van der Waals surface area (Å²) >= 11 is 6.14. The van der Waals surface area contributed by atoms with Gasteiger partial charge in [-0.3, -0.25) is 9.78 Å². The van der Waals surface area contributed by atoms with Gasteiger partial charge in [0.1, 0.15) is 6.04 Å². The van der Waals surface area contributed by atoms with Gasteiger partial charge < -0.3 is 5.32 Å². The largest absolute Gasteiger partial charge is 0.323 e. The van der Waals surface area contributed by atoms with E-state index in [2.05, 4.69) is 10.3 Å². The van der Waals surface area contributed by atoms with Gasteiger partial charge in [-0.05, 0) is 29.7 Å². The number of sulfonamides is 1. The molecule has 2 heterocycles. The van der Waals surface area contributed by atoms with Crippen LogP contribution in [0.4, 0.5) is 5.69 Å². The summed E-state index contributed by atoms with van der Waals surface area (Å²) in [4.78, 5) is 17.4. The first kappa shape index (κ1) is 18.9. The minimum Gasteiger partial charge on any atom is -0.323 e. The SMILES string of the molecule is CS(=O)(=O)N1CCc2ccc(Cl)cc2C1C(=O)Nc1cncc2ccccc12.